The maximum Gasteiger partial charge on any atom is 0.265 e. The molecule has 0 aliphatic carbocycles. The number of nitrogens with one attached hydrogen (secondary N) is 1. The molecule has 0 saturated heterocycles. The summed E-state index contributed by atoms with van der Waals surface area (Å²) >= 11 is 0. The first-order valence-electron chi connectivity index (χ1n) is 7.46. The van der Waals surface area contributed by atoms with E-state index < -0.39 is 0 Å². The summed E-state index contributed by atoms with van der Waals surface area (Å²) in [6.07, 6.45) is 3.53. The van der Waals surface area contributed by atoms with E-state index >= 15 is 0 Å². The van der Waals surface area contributed by atoms with Crippen molar-refractivity contribution < 1.29 is 4.79 Å². The molecule has 0 radical (unpaired) electrons. The number of carbonyl (C=O) groups is 1. The zero-order valence-corrected chi connectivity index (χ0v) is 12.9. The van der Waals surface area contributed by atoms with Crippen LogP contribution in [0.15, 0.2) is 24.3 Å². The van der Waals surface area contributed by atoms with Crippen molar-refractivity contribution in [1.82, 2.24) is 10.3 Å². The highest BCUT2D eigenvalue weighted by Crippen LogP contribution is 2.13. The molecule has 0 fully saturated rings. The van der Waals surface area contributed by atoms with E-state index in [0.29, 0.717) is 11.6 Å². The minimum absolute atomic E-state index is 0.240. The predicted molar refractivity (Wildman–Crippen MR) is 83.2 cm³/mol. The number of unbranched alkanes of at least 4 members (excludes halogenated alkanes) is 1. The van der Waals surface area contributed by atoms with Gasteiger partial charge in [-0.2, -0.15) is 0 Å². The predicted octanol–water partition coefficient (Wildman–Crippen LogP) is 2.69. The van der Waals surface area contributed by atoms with Crippen molar-refractivity contribution in [2.75, 3.05) is 6.54 Å². The lowest BCUT2D eigenvalue weighted by Crippen LogP contribution is -2.33. The van der Waals surface area contributed by atoms with Crippen molar-refractivity contribution in [3.63, 3.8) is 0 Å². The Hall–Kier alpha value is -1.39. The number of nitrogens with zero attached hydrogens (tertiary/aromatic N) is 1. The summed E-state index contributed by atoms with van der Waals surface area (Å²) in [5.41, 5.74) is 3.95. The molecule has 4 nitrogen and oxygen atoms in total. The zero-order valence-electron chi connectivity index (χ0n) is 12.9. The quantitative estimate of drug-likeness (QED) is 0.436. The van der Waals surface area contributed by atoms with Gasteiger partial charge in [0.1, 0.15) is 0 Å². The first kappa shape index (κ1) is 16.7. The minimum Gasteiger partial charge on any atom is -0.296 e. The number of rotatable bonds is 8. The van der Waals surface area contributed by atoms with E-state index in [1.54, 1.807) is 6.07 Å². The van der Waals surface area contributed by atoms with Crippen LogP contribution in [0.1, 0.15) is 56.0 Å². The third-order valence-electron chi connectivity index (χ3n) is 3.72. The molecule has 20 heavy (non-hydrogen) atoms. The lowest BCUT2D eigenvalue weighted by Gasteiger charge is -2.28. The molecular formula is C16H27N3O. The van der Waals surface area contributed by atoms with Crippen LogP contribution in [0.2, 0.25) is 0 Å². The van der Waals surface area contributed by atoms with Crippen LogP contribution >= 0.6 is 0 Å². The molecule has 1 atom stereocenters. The fraction of sp³-hybridized carbons (Fsp3) is 0.562. The van der Waals surface area contributed by atoms with Gasteiger partial charge in [0, 0.05) is 18.2 Å². The molecule has 1 aromatic rings. The van der Waals surface area contributed by atoms with Crippen molar-refractivity contribution in [2.45, 2.75) is 52.6 Å². The second-order valence-electron chi connectivity index (χ2n) is 5.26. The summed E-state index contributed by atoms with van der Waals surface area (Å²) in [6.45, 7) is 8.65. The van der Waals surface area contributed by atoms with Gasteiger partial charge in [-0.25, -0.2) is 5.84 Å². The molecule has 3 N–H and O–H groups in total. The third-order valence-corrected chi connectivity index (χ3v) is 3.72. The van der Waals surface area contributed by atoms with E-state index in [4.69, 9.17) is 5.84 Å². The number of hydrogen-bond acceptors (Lipinski definition) is 3. The van der Waals surface area contributed by atoms with Gasteiger partial charge in [0.15, 0.2) is 0 Å². The smallest absolute Gasteiger partial charge is 0.265 e. The highest BCUT2D eigenvalue weighted by Gasteiger charge is 2.13. The largest absolute Gasteiger partial charge is 0.296 e. The molecule has 0 heterocycles. The van der Waals surface area contributed by atoms with Crippen molar-refractivity contribution in [1.29, 1.82) is 0 Å². The Morgan fingerprint density at radius 1 is 1.40 bits per heavy atom. The molecule has 0 aliphatic heterocycles. The first-order valence-corrected chi connectivity index (χ1v) is 7.46. The van der Waals surface area contributed by atoms with Crippen LogP contribution in [0.5, 0.6) is 0 Å². The second kappa shape index (κ2) is 8.72. The van der Waals surface area contributed by atoms with Crippen LogP contribution in [-0.2, 0) is 6.54 Å². The van der Waals surface area contributed by atoms with E-state index in [9.17, 15) is 4.79 Å². The Kier molecular flexibility index (Phi) is 7.26. The van der Waals surface area contributed by atoms with Gasteiger partial charge >= 0.3 is 0 Å². The summed E-state index contributed by atoms with van der Waals surface area (Å²) < 4.78 is 0. The lowest BCUT2D eigenvalue weighted by atomic mass is 10.1. The molecule has 0 aromatic heterocycles. The Morgan fingerprint density at radius 2 is 2.15 bits per heavy atom. The molecule has 1 unspecified atom stereocenters. The standard InChI is InChI=1S/C16H27N3O/c1-4-6-10-19(13(3)5-2)12-14-8-7-9-15(11-14)16(20)18-17/h7-9,11,13H,4-6,10,12,17H2,1-3H3,(H,18,20). The molecule has 0 spiro atoms. The topological polar surface area (TPSA) is 58.4 Å². The second-order valence-corrected chi connectivity index (χ2v) is 5.26. The summed E-state index contributed by atoms with van der Waals surface area (Å²) in [5.74, 6) is 4.94. The van der Waals surface area contributed by atoms with Gasteiger partial charge in [-0.1, -0.05) is 32.4 Å². The highest BCUT2D eigenvalue weighted by atomic mass is 16.2. The van der Waals surface area contributed by atoms with Crippen LogP contribution < -0.4 is 11.3 Å². The minimum atomic E-state index is -0.240. The zero-order chi connectivity index (χ0) is 15.0. The van der Waals surface area contributed by atoms with E-state index in [2.05, 4.69) is 37.2 Å². The molecule has 112 valence electrons. The average molecular weight is 277 g/mol. The number of nitrogens with two attached hydrogens (primary N) is 1. The van der Waals surface area contributed by atoms with Crippen LogP contribution in [0, 0.1) is 0 Å². The molecule has 1 amide bonds. The summed E-state index contributed by atoms with van der Waals surface area (Å²) in [4.78, 5) is 14.0. The summed E-state index contributed by atoms with van der Waals surface area (Å²) in [5, 5.41) is 0. The summed E-state index contributed by atoms with van der Waals surface area (Å²) in [6, 6.07) is 8.23. The van der Waals surface area contributed by atoms with Crippen molar-refractivity contribution in [3.05, 3.63) is 35.4 Å². The van der Waals surface area contributed by atoms with Gasteiger partial charge in [-0.15, -0.1) is 0 Å². The Morgan fingerprint density at radius 3 is 2.75 bits per heavy atom. The van der Waals surface area contributed by atoms with Gasteiger partial charge in [0.25, 0.3) is 5.91 Å². The van der Waals surface area contributed by atoms with Crippen molar-refractivity contribution in [3.8, 4) is 0 Å². The van der Waals surface area contributed by atoms with Crippen LogP contribution in [0.25, 0.3) is 0 Å². The normalized spacial score (nSPS) is 12.4. The fourth-order valence-electron chi connectivity index (χ4n) is 2.20. The number of benzene rings is 1. The summed E-state index contributed by atoms with van der Waals surface area (Å²) in [7, 11) is 0. The Labute approximate surface area is 122 Å². The van der Waals surface area contributed by atoms with Gasteiger partial charge in [-0.3, -0.25) is 15.1 Å². The molecule has 1 rings (SSSR count). The van der Waals surface area contributed by atoms with E-state index in [0.717, 1.165) is 25.1 Å². The number of nitrogen functional groups attached to an aromatic ring is 1. The maximum atomic E-state index is 11.6. The average Bonchev–Trinajstić information content (AvgIpc) is 2.50. The highest BCUT2D eigenvalue weighted by molar-refractivity contribution is 5.93. The molecule has 0 aliphatic rings. The number of amides is 1. The van der Waals surface area contributed by atoms with Gasteiger partial charge in [0.2, 0.25) is 0 Å². The van der Waals surface area contributed by atoms with E-state index in [-0.39, 0.29) is 5.91 Å². The molecule has 0 bridgehead atoms. The SMILES string of the molecule is CCCCN(Cc1cccc(C(=O)NN)c1)C(C)CC. The van der Waals surface area contributed by atoms with Crippen molar-refractivity contribution >= 4 is 5.91 Å². The van der Waals surface area contributed by atoms with Crippen LogP contribution in [-0.4, -0.2) is 23.4 Å². The Balaban J connectivity index is 2.79. The fourth-order valence-corrected chi connectivity index (χ4v) is 2.20. The van der Waals surface area contributed by atoms with E-state index in [1.165, 1.54) is 12.8 Å². The number of hydrazine groups is 1. The maximum absolute atomic E-state index is 11.6. The first-order chi connectivity index (χ1) is 9.62. The van der Waals surface area contributed by atoms with Gasteiger partial charge in [0.05, 0.1) is 0 Å². The van der Waals surface area contributed by atoms with Crippen molar-refractivity contribution in [2.24, 2.45) is 5.84 Å². The molecule has 0 saturated carbocycles. The third kappa shape index (κ3) is 4.94. The monoisotopic (exact) mass is 277 g/mol. The molecule has 1 aromatic carbocycles. The van der Waals surface area contributed by atoms with Crippen LogP contribution in [0.3, 0.4) is 0 Å². The molecule has 4 heteroatoms. The van der Waals surface area contributed by atoms with E-state index in [1.807, 2.05) is 12.1 Å². The van der Waals surface area contributed by atoms with Gasteiger partial charge in [-0.05, 0) is 44.0 Å². The van der Waals surface area contributed by atoms with Crippen LogP contribution in [0.4, 0.5) is 0 Å². The van der Waals surface area contributed by atoms with Gasteiger partial charge < -0.3 is 0 Å². The lowest BCUT2D eigenvalue weighted by molar-refractivity contribution is 0.0953. The number of carbonyl (C=O) groups excluding carboxylic acids is 1. The molecular weight excluding hydrogens is 250 g/mol. The Bertz CT molecular complexity index is 420. The number of hydrogen-bond donors (Lipinski definition) is 2.